The quantitative estimate of drug-likeness (QED) is 0.577. The van der Waals surface area contributed by atoms with Gasteiger partial charge in [0.1, 0.15) is 0 Å². The molecule has 1 aliphatic heterocycles. The normalized spacial score (nSPS) is 20.7. The number of aliphatic hydroxyl groups is 1. The molecule has 0 fully saturated rings. The number of aliphatic hydroxyl groups excluding tert-OH is 1. The number of amides is 1. The highest BCUT2D eigenvalue weighted by Gasteiger charge is 2.45. The molecule has 0 radical (unpaired) electrons. The maximum absolute atomic E-state index is 13.6. The fourth-order valence-electron chi connectivity index (χ4n) is 4.01. The Balaban J connectivity index is 1.99. The summed E-state index contributed by atoms with van der Waals surface area (Å²) in [4.78, 5) is 15.4. The van der Waals surface area contributed by atoms with Crippen molar-refractivity contribution in [2.45, 2.75) is 44.2 Å². The van der Waals surface area contributed by atoms with E-state index < -0.39 is 5.41 Å². The number of unbranched alkanes of at least 4 members (excludes halogenated alkanes) is 1. The molecule has 0 bridgehead atoms. The molecule has 138 valence electrons. The van der Waals surface area contributed by atoms with Crippen LogP contribution >= 0.6 is 11.6 Å². The first-order valence-electron chi connectivity index (χ1n) is 9.23. The Kier molecular flexibility index (Phi) is 6.00. The highest BCUT2D eigenvalue weighted by Crippen LogP contribution is 2.41. The van der Waals surface area contributed by atoms with Crippen molar-refractivity contribution in [2.24, 2.45) is 0 Å². The van der Waals surface area contributed by atoms with E-state index in [-0.39, 0.29) is 18.6 Å². The number of benzene rings is 2. The van der Waals surface area contributed by atoms with Crippen molar-refractivity contribution in [3.05, 3.63) is 71.3 Å². The molecule has 1 N–H and O–H groups in total. The largest absolute Gasteiger partial charge is 0.394 e. The number of alkyl halides is 1. The van der Waals surface area contributed by atoms with Crippen molar-refractivity contribution in [3.63, 3.8) is 0 Å². The predicted octanol–water partition coefficient (Wildman–Crippen LogP) is 4.43. The van der Waals surface area contributed by atoms with Gasteiger partial charge in [-0.15, -0.1) is 11.6 Å². The Labute approximate surface area is 160 Å². The number of hydrogen-bond acceptors (Lipinski definition) is 2. The van der Waals surface area contributed by atoms with Crippen LogP contribution in [0.2, 0.25) is 0 Å². The minimum atomic E-state index is -0.580. The van der Waals surface area contributed by atoms with Crippen LogP contribution in [-0.2, 0) is 16.8 Å². The molecule has 0 unspecified atom stereocenters. The number of hydrogen-bond donors (Lipinski definition) is 1. The second-order valence-corrected chi connectivity index (χ2v) is 7.56. The van der Waals surface area contributed by atoms with E-state index in [1.54, 1.807) is 0 Å². The van der Waals surface area contributed by atoms with E-state index in [4.69, 9.17) is 11.6 Å². The molecule has 0 saturated carbocycles. The molecule has 3 nitrogen and oxygen atoms in total. The van der Waals surface area contributed by atoms with Crippen molar-refractivity contribution >= 4 is 17.5 Å². The highest BCUT2D eigenvalue weighted by atomic mass is 35.5. The summed E-state index contributed by atoms with van der Waals surface area (Å²) in [5.74, 6) is 0.701. The van der Waals surface area contributed by atoms with Crippen molar-refractivity contribution in [1.82, 2.24) is 4.90 Å². The maximum Gasteiger partial charge on any atom is 0.233 e. The molecule has 2 aromatic carbocycles. The standard InChI is InChI=1S/C22H26ClNO2/c1-22(13-7-8-14-23)19-12-6-5-11-18(19)15-24(21(22)26)20(16-25)17-9-3-2-4-10-17/h2-6,9-12,20,25H,7-8,13-16H2,1H3/t20-,22-/m0/s1. The summed E-state index contributed by atoms with van der Waals surface area (Å²) in [6.45, 7) is 2.48. The van der Waals surface area contributed by atoms with Crippen LogP contribution in [0, 0.1) is 0 Å². The number of carbonyl (C=O) groups is 1. The summed E-state index contributed by atoms with van der Waals surface area (Å²) < 4.78 is 0. The first-order valence-corrected chi connectivity index (χ1v) is 9.76. The number of fused-ring (bicyclic) bond motifs is 1. The second-order valence-electron chi connectivity index (χ2n) is 7.18. The van der Waals surface area contributed by atoms with Crippen LogP contribution in [0.5, 0.6) is 0 Å². The van der Waals surface area contributed by atoms with Crippen molar-refractivity contribution in [2.75, 3.05) is 12.5 Å². The van der Waals surface area contributed by atoms with Crippen LogP contribution in [-0.4, -0.2) is 28.4 Å². The summed E-state index contributed by atoms with van der Waals surface area (Å²) in [6.07, 6.45) is 2.57. The first-order chi connectivity index (χ1) is 12.6. The third kappa shape index (κ3) is 3.51. The third-order valence-electron chi connectivity index (χ3n) is 5.48. The van der Waals surface area contributed by atoms with Gasteiger partial charge >= 0.3 is 0 Å². The van der Waals surface area contributed by atoms with Crippen molar-refractivity contribution < 1.29 is 9.90 Å². The molecule has 4 heteroatoms. The van der Waals surface area contributed by atoms with Gasteiger partial charge in [0.2, 0.25) is 5.91 Å². The van der Waals surface area contributed by atoms with Gasteiger partial charge < -0.3 is 10.0 Å². The molecule has 1 aliphatic rings. The average Bonchev–Trinajstić information content (AvgIpc) is 2.68. The molecule has 1 amide bonds. The zero-order chi connectivity index (χ0) is 18.6. The molecule has 26 heavy (non-hydrogen) atoms. The third-order valence-corrected chi connectivity index (χ3v) is 5.75. The van der Waals surface area contributed by atoms with Crippen LogP contribution < -0.4 is 0 Å². The van der Waals surface area contributed by atoms with Crippen LogP contribution in [0.4, 0.5) is 0 Å². The van der Waals surface area contributed by atoms with Gasteiger partial charge in [-0.1, -0.05) is 61.0 Å². The average molecular weight is 372 g/mol. The second kappa shape index (κ2) is 8.24. The zero-order valence-electron chi connectivity index (χ0n) is 15.2. The number of halogens is 1. The molecular weight excluding hydrogens is 346 g/mol. The lowest BCUT2D eigenvalue weighted by Gasteiger charge is -2.44. The minimum absolute atomic E-state index is 0.0876. The molecule has 3 rings (SSSR count). The van der Waals surface area contributed by atoms with Crippen LogP contribution in [0.1, 0.15) is 48.9 Å². The van der Waals surface area contributed by atoms with Gasteiger partial charge in [-0.2, -0.15) is 0 Å². The summed E-state index contributed by atoms with van der Waals surface area (Å²) in [7, 11) is 0. The summed E-state index contributed by atoms with van der Waals surface area (Å²) in [5.41, 5.74) is 2.66. The Morgan fingerprint density at radius 1 is 1.12 bits per heavy atom. The highest BCUT2D eigenvalue weighted by molar-refractivity contribution is 6.17. The van der Waals surface area contributed by atoms with Crippen LogP contribution in [0.3, 0.4) is 0 Å². The van der Waals surface area contributed by atoms with E-state index in [0.717, 1.165) is 36.0 Å². The van der Waals surface area contributed by atoms with E-state index in [1.165, 1.54) is 0 Å². The summed E-state index contributed by atoms with van der Waals surface area (Å²) in [5, 5.41) is 10.1. The van der Waals surface area contributed by atoms with E-state index in [9.17, 15) is 9.90 Å². The fourth-order valence-corrected chi connectivity index (χ4v) is 4.20. The fraction of sp³-hybridized carbons (Fsp3) is 0.409. The summed E-state index contributed by atoms with van der Waals surface area (Å²) >= 11 is 5.85. The van der Waals surface area contributed by atoms with Crippen LogP contribution in [0.15, 0.2) is 54.6 Å². The molecule has 2 atom stereocenters. The maximum atomic E-state index is 13.6. The number of nitrogens with zero attached hydrogens (tertiary/aromatic N) is 1. The summed E-state index contributed by atoms with van der Waals surface area (Å²) in [6, 6.07) is 17.6. The topological polar surface area (TPSA) is 40.5 Å². The molecule has 0 spiro atoms. The SMILES string of the molecule is C[C@@]1(CCCCCl)C(=O)N([C@@H](CO)c2ccccc2)Cc2ccccc21. The molecule has 0 aromatic heterocycles. The Hall–Kier alpha value is -1.84. The Morgan fingerprint density at radius 3 is 2.50 bits per heavy atom. The molecule has 2 aromatic rings. The van der Waals surface area contributed by atoms with Gasteiger partial charge in [-0.3, -0.25) is 4.79 Å². The number of carbonyl (C=O) groups excluding carboxylic acids is 1. The molecule has 1 heterocycles. The smallest absolute Gasteiger partial charge is 0.233 e. The molecular formula is C22H26ClNO2. The molecule has 0 saturated heterocycles. The van der Waals surface area contributed by atoms with Gasteiger partial charge in [-0.05, 0) is 36.5 Å². The van der Waals surface area contributed by atoms with Gasteiger partial charge in [0.05, 0.1) is 18.1 Å². The van der Waals surface area contributed by atoms with Crippen molar-refractivity contribution in [1.29, 1.82) is 0 Å². The minimum Gasteiger partial charge on any atom is -0.394 e. The Morgan fingerprint density at radius 2 is 1.81 bits per heavy atom. The van der Waals surface area contributed by atoms with E-state index in [0.29, 0.717) is 12.4 Å². The van der Waals surface area contributed by atoms with E-state index in [1.807, 2.05) is 54.3 Å². The van der Waals surface area contributed by atoms with Gasteiger partial charge in [0, 0.05) is 12.4 Å². The molecule has 0 aliphatic carbocycles. The Bertz CT molecular complexity index is 749. The lowest BCUT2D eigenvalue weighted by molar-refractivity contribution is -0.143. The monoisotopic (exact) mass is 371 g/mol. The van der Waals surface area contributed by atoms with Crippen molar-refractivity contribution in [3.8, 4) is 0 Å². The predicted molar refractivity (Wildman–Crippen MR) is 105 cm³/mol. The number of rotatable bonds is 7. The van der Waals surface area contributed by atoms with E-state index >= 15 is 0 Å². The van der Waals surface area contributed by atoms with Gasteiger partial charge in [0.25, 0.3) is 0 Å². The van der Waals surface area contributed by atoms with Crippen LogP contribution in [0.25, 0.3) is 0 Å². The van der Waals surface area contributed by atoms with Gasteiger partial charge in [0.15, 0.2) is 0 Å². The van der Waals surface area contributed by atoms with Gasteiger partial charge in [-0.25, -0.2) is 0 Å². The lowest BCUT2D eigenvalue weighted by Crippen LogP contribution is -2.51. The first kappa shape index (κ1) is 18.9. The van der Waals surface area contributed by atoms with E-state index in [2.05, 4.69) is 12.1 Å². The zero-order valence-corrected chi connectivity index (χ0v) is 16.0. The lowest BCUT2D eigenvalue weighted by atomic mass is 9.72.